The maximum absolute atomic E-state index is 11.2. The summed E-state index contributed by atoms with van der Waals surface area (Å²) in [7, 11) is 0. The van der Waals surface area contributed by atoms with Crippen molar-refractivity contribution in [2.45, 2.75) is 39.7 Å². The summed E-state index contributed by atoms with van der Waals surface area (Å²) in [6.07, 6.45) is 0.505. The van der Waals surface area contributed by atoms with Gasteiger partial charge in [-0.25, -0.2) is 4.79 Å². The molecule has 4 nitrogen and oxygen atoms in total. The molecule has 0 fully saturated rings. The third-order valence-electron chi connectivity index (χ3n) is 1.59. The fourth-order valence-electron chi connectivity index (χ4n) is 0.957. The van der Waals surface area contributed by atoms with E-state index in [-0.39, 0.29) is 6.09 Å². The molecular weight excluding hydrogens is 204 g/mol. The topological polar surface area (TPSA) is 50.4 Å². The zero-order valence-electron chi connectivity index (χ0n) is 10.6. The largest absolute Gasteiger partial charge is 0.444 e. The minimum absolute atomic E-state index is 0.360. The predicted octanol–water partition coefficient (Wildman–Crippen LogP) is 1.51. The van der Waals surface area contributed by atoms with Crippen LogP contribution in [-0.2, 0) is 4.74 Å². The van der Waals surface area contributed by atoms with Gasteiger partial charge in [0.05, 0.1) is 6.54 Å². The molecule has 0 atom stereocenters. The second-order valence-corrected chi connectivity index (χ2v) is 4.39. The van der Waals surface area contributed by atoms with Gasteiger partial charge in [0.25, 0.3) is 0 Å². The average molecular weight is 226 g/mol. The maximum atomic E-state index is 11.2. The number of carbonyl (C=O) groups is 1. The van der Waals surface area contributed by atoms with Gasteiger partial charge in [-0.3, -0.25) is 0 Å². The third kappa shape index (κ3) is 10.9. The standard InChI is InChI=1S/C12H22N2O2/c1-5-6-8-13-9-7-10-14-11(15)16-12(2,3)4/h13H,7-10H2,1-4H3,(H,14,15). The van der Waals surface area contributed by atoms with Crippen molar-refractivity contribution in [2.75, 3.05) is 19.6 Å². The molecule has 0 saturated carbocycles. The van der Waals surface area contributed by atoms with E-state index in [1.165, 1.54) is 0 Å². The second-order valence-electron chi connectivity index (χ2n) is 4.39. The fourth-order valence-corrected chi connectivity index (χ4v) is 0.957. The minimum atomic E-state index is -0.431. The van der Waals surface area contributed by atoms with Crippen molar-refractivity contribution >= 4 is 6.09 Å². The minimum Gasteiger partial charge on any atom is -0.444 e. The van der Waals surface area contributed by atoms with Gasteiger partial charge in [0.1, 0.15) is 5.60 Å². The molecule has 0 radical (unpaired) electrons. The first-order chi connectivity index (χ1) is 7.45. The van der Waals surface area contributed by atoms with Gasteiger partial charge in [-0.05, 0) is 40.7 Å². The summed E-state index contributed by atoms with van der Waals surface area (Å²) in [6.45, 7) is 9.49. The zero-order chi connectivity index (χ0) is 12.4. The molecule has 92 valence electrons. The summed E-state index contributed by atoms with van der Waals surface area (Å²) < 4.78 is 5.09. The lowest BCUT2D eigenvalue weighted by molar-refractivity contribution is 0.0527. The number of hydrogen-bond donors (Lipinski definition) is 2. The van der Waals surface area contributed by atoms with Crippen molar-refractivity contribution in [2.24, 2.45) is 0 Å². The van der Waals surface area contributed by atoms with Gasteiger partial charge >= 0.3 is 6.09 Å². The summed E-state index contributed by atoms with van der Waals surface area (Å²) in [5, 5.41) is 5.84. The molecular formula is C12H22N2O2. The monoisotopic (exact) mass is 226 g/mol. The SMILES string of the molecule is CC#CCNCCCNC(=O)OC(C)(C)C. The van der Waals surface area contributed by atoms with Gasteiger partial charge in [0, 0.05) is 6.54 Å². The van der Waals surface area contributed by atoms with Crippen LogP contribution in [0.5, 0.6) is 0 Å². The van der Waals surface area contributed by atoms with Gasteiger partial charge in [0.2, 0.25) is 0 Å². The lowest BCUT2D eigenvalue weighted by Gasteiger charge is -2.19. The molecule has 0 saturated heterocycles. The lowest BCUT2D eigenvalue weighted by atomic mass is 10.2. The van der Waals surface area contributed by atoms with Gasteiger partial charge < -0.3 is 15.4 Å². The molecule has 0 spiro atoms. The van der Waals surface area contributed by atoms with Crippen molar-refractivity contribution in [3.05, 3.63) is 0 Å². The highest BCUT2D eigenvalue weighted by molar-refractivity contribution is 5.67. The van der Waals surface area contributed by atoms with E-state index in [1.54, 1.807) is 0 Å². The molecule has 0 rings (SSSR count). The van der Waals surface area contributed by atoms with Gasteiger partial charge in [-0.15, -0.1) is 5.92 Å². The zero-order valence-corrected chi connectivity index (χ0v) is 10.6. The molecule has 1 amide bonds. The number of alkyl carbamates (subject to hydrolysis) is 1. The molecule has 0 aliphatic heterocycles. The summed E-state index contributed by atoms with van der Waals surface area (Å²) in [4.78, 5) is 11.2. The van der Waals surface area contributed by atoms with Gasteiger partial charge in [0.15, 0.2) is 0 Å². The van der Waals surface area contributed by atoms with E-state index in [0.29, 0.717) is 13.1 Å². The Hall–Kier alpha value is -1.21. The normalized spacial score (nSPS) is 10.2. The molecule has 0 aliphatic carbocycles. The van der Waals surface area contributed by atoms with Gasteiger partial charge in [-0.1, -0.05) is 5.92 Å². The molecule has 0 heterocycles. The van der Waals surface area contributed by atoms with Crippen LogP contribution in [0.15, 0.2) is 0 Å². The Kier molecular flexibility index (Phi) is 7.40. The number of rotatable bonds is 5. The molecule has 0 unspecified atom stereocenters. The van der Waals surface area contributed by atoms with Gasteiger partial charge in [-0.2, -0.15) is 0 Å². The Morgan fingerprint density at radius 1 is 1.31 bits per heavy atom. The van der Waals surface area contributed by atoms with E-state index >= 15 is 0 Å². The number of nitrogens with one attached hydrogen (secondary N) is 2. The van der Waals surface area contributed by atoms with Crippen LogP contribution in [0.4, 0.5) is 4.79 Å². The van der Waals surface area contributed by atoms with Crippen LogP contribution in [0, 0.1) is 11.8 Å². The number of carbonyl (C=O) groups excluding carboxylic acids is 1. The Bertz CT molecular complexity index is 258. The summed E-state index contributed by atoms with van der Waals surface area (Å²) in [5.41, 5.74) is -0.431. The lowest BCUT2D eigenvalue weighted by Crippen LogP contribution is -2.33. The van der Waals surface area contributed by atoms with Crippen LogP contribution in [0.2, 0.25) is 0 Å². The van der Waals surface area contributed by atoms with Crippen LogP contribution in [0.25, 0.3) is 0 Å². The van der Waals surface area contributed by atoms with Crippen LogP contribution in [0.1, 0.15) is 34.1 Å². The first kappa shape index (κ1) is 14.8. The quantitative estimate of drug-likeness (QED) is 0.552. The summed E-state index contributed by atoms with van der Waals surface area (Å²) in [6, 6.07) is 0. The van der Waals surface area contributed by atoms with Crippen molar-refractivity contribution in [1.82, 2.24) is 10.6 Å². The van der Waals surface area contributed by atoms with Crippen molar-refractivity contribution in [3.63, 3.8) is 0 Å². The molecule has 2 N–H and O–H groups in total. The first-order valence-corrected chi connectivity index (χ1v) is 5.53. The van der Waals surface area contributed by atoms with E-state index in [0.717, 1.165) is 13.0 Å². The van der Waals surface area contributed by atoms with Crippen molar-refractivity contribution in [1.29, 1.82) is 0 Å². The van der Waals surface area contributed by atoms with Crippen LogP contribution < -0.4 is 10.6 Å². The summed E-state index contributed by atoms with van der Waals surface area (Å²) in [5.74, 6) is 5.71. The van der Waals surface area contributed by atoms with Crippen LogP contribution >= 0.6 is 0 Å². The number of amides is 1. The average Bonchev–Trinajstić information content (AvgIpc) is 2.13. The fraction of sp³-hybridized carbons (Fsp3) is 0.750. The van der Waals surface area contributed by atoms with E-state index in [1.807, 2.05) is 27.7 Å². The number of hydrogen-bond acceptors (Lipinski definition) is 3. The highest BCUT2D eigenvalue weighted by Crippen LogP contribution is 2.06. The predicted molar refractivity (Wildman–Crippen MR) is 65.2 cm³/mol. The molecule has 0 aromatic heterocycles. The van der Waals surface area contributed by atoms with E-state index in [2.05, 4.69) is 22.5 Å². The van der Waals surface area contributed by atoms with Crippen LogP contribution in [0.3, 0.4) is 0 Å². The van der Waals surface area contributed by atoms with Crippen molar-refractivity contribution in [3.8, 4) is 11.8 Å². The third-order valence-corrected chi connectivity index (χ3v) is 1.59. The maximum Gasteiger partial charge on any atom is 0.407 e. The van der Waals surface area contributed by atoms with E-state index < -0.39 is 5.60 Å². The highest BCUT2D eigenvalue weighted by Gasteiger charge is 2.15. The van der Waals surface area contributed by atoms with Crippen LogP contribution in [-0.4, -0.2) is 31.3 Å². The molecule has 16 heavy (non-hydrogen) atoms. The Morgan fingerprint density at radius 3 is 2.56 bits per heavy atom. The van der Waals surface area contributed by atoms with E-state index in [9.17, 15) is 4.79 Å². The van der Waals surface area contributed by atoms with E-state index in [4.69, 9.17) is 4.74 Å². The molecule has 0 bridgehead atoms. The highest BCUT2D eigenvalue weighted by atomic mass is 16.6. The number of ether oxygens (including phenoxy) is 1. The summed E-state index contributed by atoms with van der Waals surface area (Å²) >= 11 is 0. The second kappa shape index (κ2) is 8.00. The molecule has 0 aromatic carbocycles. The smallest absolute Gasteiger partial charge is 0.407 e. The van der Waals surface area contributed by atoms with Crippen molar-refractivity contribution < 1.29 is 9.53 Å². The molecule has 0 aromatic rings. The Morgan fingerprint density at radius 2 is 2.00 bits per heavy atom. The first-order valence-electron chi connectivity index (χ1n) is 5.53. The Balaban J connectivity index is 3.37. The molecule has 0 aliphatic rings. The molecule has 4 heteroatoms. The Labute approximate surface area is 98.1 Å².